The quantitative estimate of drug-likeness (QED) is 0.687. The van der Waals surface area contributed by atoms with E-state index in [4.69, 9.17) is 11.6 Å². The van der Waals surface area contributed by atoms with Gasteiger partial charge in [-0.2, -0.15) is 0 Å². The first-order valence-electron chi connectivity index (χ1n) is 6.38. The molecule has 0 saturated carbocycles. The fourth-order valence-corrected chi connectivity index (χ4v) is 3.06. The second-order valence-corrected chi connectivity index (χ2v) is 6.36. The van der Waals surface area contributed by atoms with Gasteiger partial charge in [0, 0.05) is 10.4 Å². The van der Waals surface area contributed by atoms with E-state index in [1.165, 1.54) is 23.5 Å². The van der Waals surface area contributed by atoms with Crippen molar-refractivity contribution < 1.29 is 14.0 Å². The van der Waals surface area contributed by atoms with Gasteiger partial charge in [-0.05, 0) is 24.3 Å². The van der Waals surface area contributed by atoms with E-state index in [-0.39, 0.29) is 17.8 Å². The third-order valence-corrected chi connectivity index (χ3v) is 4.31. The van der Waals surface area contributed by atoms with Crippen molar-refractivity contribution in [3.8, 4) is 0 Å². The molecular formula is C15H10ClFN2O2S. The van der Waals surface area contributed by atoms with Crippen LogP contribution in [0.2, 0.25) is 4.34 Å². The summed E-state index contributed by atoms with van der Waals surface area (Å²) in [7, 11) is 0. The third kappa shape index (κ3) is 2.88. The molecule has 0 bridgehead atoms. The lowest BCUT2D eigenvalue weighted by molar-refractivity contribution is -0.123. The number of benzene rings is 1. The first-order chi connectivity index (χ1) is 10.5. The summed E-state index contributed by atoms with van der Waals surface area (Å²) >= 11 is 7.12. The van der Waals surface area contributed by atoms with E-state index in [1.807, 2.05) is 0 Å². The van der Waals surface area contributed by atoms with Gasteiger partial charge in [-0.25, -0.2) is 9.18 Å². The van der Waals surface area contributed by atoms with Crippen LogP contribution in [0.5, 0.6) is 0 Å². The Morgan fingerprint density at radius 2 is 2.00 bits per heavy atom. The zero-order valence-corrected chi connectivity index (χ0v) is 12.7. The standard InChI is InChI=1S/C15H10ClFN2O2S/c16-13-6-5-10(22-13)7-12-14(20)19(15(21)18-12)8-9-3-1-2-4-11(9)17/h1-7H,8H2,(H,18,21)/b12-7+. The molecule has 3 amide bonds. The van der Waals surface area contributed by atoms with E-state index in [0.717, 1.165) is 9.78 Å². The summed E-state index contributed by atoms with van der Waals surface area (Å²) in [4.78, 5) is 25.9. The molecule has 112 valence electrons. The summed E-state index contributed by atoms with van der Waals surface area (Å²) in [5.74, 6) is -0.941. The topological polar surface area (TPSA) is 49.4 Å². The maximum absolute atomic E-state index is 13.6. The fourth-order valence-electron chi connectivity index (χ4n) is 2.06. The highest BCUT2D eigenvalue weighted by molar-refractivity contribution is 7.17. The van der Waals surface area contributed by atoms with Crippen LogP contribution in [0.3, 0.4) is 0 Å². The summed E-state index contributed by atoms with van der Waals surface area (Å²) in [5.41, 5.74) is 0.436. The highest BCUT2D eigenvalue weighted by Crippen LogP contribution is 2.25. The highest BCUT2D eigenvalue weighted by atomic mass is 35.5. The first kappa shape index (κ1) is 14.7. The van der Waals surface area contributed by atoms with Crippen molar-refractivity contribution in [2.45, 2.75) is 6.54 Å². The Morgan fingerprint density at radius 1 is 1.23 bits per heavy atom. The molecule has 4 nitrogen and oxygen atoms in total. The average Bonchev–Trinajstić information content (AvgIpc) is 3.00. The van der Waals surface area contributed by atoms with Crippen LogP contribution < -0.4 is 5.32 Å². The summed E-state index contributed by atoms with van der Waals surface area (Å²) < 4.78 is 14.2. The number of carbonyl (C=O) groups excluding carboxylic acids is 2. The number of nitrogens with one attached hydrogen (secondary N) is 1. The molecular weight excluding hydrogens is 327 g/mol. The lowest BCUT2D eigenvalue weighted by Gasteiger charge is -2.12. The minimum Gasteiger partial charge on any atom is -0.303 e. The smallest absolute Gasteiger partial charge is 0.303 e. The second-order valence-electron chi connectivity index (χ2n) is 4.61. The zero-order chi connectivity index (χ0) is 15.7. The first-order valence-corrected chi connectivity index (χ1v) is 7.57. The van der Waals surface area contributed by atoms with Crippen LogP contribution in [0.1, 0.15) is 10.4 Å². The number of rotatable bonds is 3. The monoisotopic (exact) mass is 336 g/mol. The lowest BCUT2D eigenvalue weighted by atomic mass is 10.2. The van der Waals surface area contributed by atoms with Gasteiger partial charge in [-0.3, -0.25) is 9.69 Å². The van der Waals surface area contributed by atoms with Crippen molar-refractivity contribution >= 4 is 41.0 Å². The molecule has 0 radical (unpaired) electrons. The van der Waals surface area contributed by atoms with Gasteiger partial charge in [-0.15, -0.1) is 11.3 Å². The fraction of sp³-hybridized carbons (Fsp3) is 0.0667. The SMILES string of the molecule is O=C1N/C(=C/c2ccc(Cl)s2)C(=O)N1Cc1ccccc1F. The molecule has 1 fully saturated rings. The van der Waals surface area contributed by atoms with Crippen LogP contribution in [0.15, 0.2) is 42.1 Å². The van der Waals surface area contributed by atoms with Crippen LogP contribution in [0.4, 0.5) is 9.18 Å². The van der Waals surface area contributed by atoms with Gasteiger partial charge in [0.05, 0.1) is 10.9 Å². The molecule has 0 atom stereocenters. The van der Waals surface area contributed by atoms with Crippen LogP contribution in [-0.2, 0) is 11.3 Å². The van der Waals surface area contributed by atoms with E-state index >= 15 is 0 Å². The predicted octanol–water partition coefficient (Wildman–Crippen LogP) is 3.63. The normalized spacial score (nSPS) is 16.5. The molecule has 7 heteroatoms. The number of hydrogen-bond acceptors (Lipinski definition) is 3. The molecule has 1 aromatic carbocycles. The van der Waals surface area contributed by atoms with Gasteiger partial charge in [0.2, 0.25) is 0 Å². The Balaban J connectivity index is 1.83. The van der Waals surface area contributed by atoms with E-state index in [0.29, 0.717) is 4.34 Å². The Bertz CT molecular complexity index is 787. The molecule has 1 aliphatic rings. The molecule has 1 aromatic heterocycles. The lowest BCUT2D eigenvalue weighted by Crippen LogP contribution is -2.30. The van der Waals surface area contributed by atoms with Crippen LogP contribution in [0, 0.1) is 5.82 Å². The van der Waals surface area contributed by atoms with Crippen molar-refractivity contribution in [2.24, 2.45) is 0 Å². The number of imide groups is 1. The summed E-state index contributed by atoms with van der Waals surface area (Å²) in [6, 6.07) is 8.92. The van der Waals surface area contributed by atoms with Gasteiger partial charge in [0.15, 0.2) is 0 Å². The molecule has 1 N–H and O–H groups in total. The number of halogens is 2. The summed E-state index contributed by atoms with van der Waals surface area (Å²) in [5, 5.41) is 2.49. The molecule has 0 aliphatic carbocycles. The van der Waals surface area contributed by atoms with Crippen LogP contribution in [0.25, 0.3) is 6.08 Å². The minimum absolute atomic E-state index is 0.111. The van der Waals surface area contributed by atoms with Crippen molar-refractivity contribution in [3.05, 3.63) is 62.7 Å². The molecule has 0 unspecified atom stereocenters. The number of hydrogen-bond donors (Lipinski definition) is 1. The Kier molecular flexibility index (Phi) is 3.96. The van der Waals surface area contributed by atoms with Crippen molar-refractivity contribution in [1.82, 2.24) is 10.2 Å². The molecule has 0 spiro atoms. The van der Waals surface area contributed by atoms with E-state index < -0.39 is 17.8 Å². The minimum atomic E-state index is -0.567. The number of amides is 3. The van der Waals surface area contributed by atoms with Crippen molar-refractivity contribution in [2.75, 3.05) is 0 Å². The average molecular weight is 337 g/mol. The van der Waals surface area contributed by atoms with Crippen molar-refractivity contribution in [3.63, 3.8) is 0 Å². The predicted molar refractivity (Wildman–Crippen MR) is 82.8 cm³/mol. The number of nitrogens with zero attached hydrogens (tertiary/aromatic N) is 1. The molecule has 22 heavy (non-hydrogen) atoms. The maximum atomic E-state index is 13.6. The Hall–Kier alpha value is -2.18. The number of urea groups is 1. The maximum Gasteiger partial charge on any atom is 0.329 e. The highest BCUT2D eigenvalue weighted by Gasteiger charge is 2.34. The zero-order valence-electron chi connectivity index (χ0n) is 11.2. The van der Waals surface area contributed by atoms with Gasteiger partial charge in [-0.1, -0.05) is 29.8 Å². The summed E-state index contributed by atoms with van der Waals surface area (Å²) in [6.07, 6.45) is 1.55. The van der Waals surface area contributed by atoms with Gasteiger partial charge < -0.3 is 5.32 Å². The number of thiophene rings is 1. The number of carbonyl (C=O) groups is 2. The Labute approximate surface area is 134 Å². The van der Waals surface area contributed by atoms with Crippen LogP contribution in [-0.4, -0.2) is 16.8 Å². The van der Waals surface area contributed by atoms with E-state index in [9.17, 15) is 14.0 Å². The second kappa shape index (κ2) is 5.90. The van der Waals surface area contributed by atoms with Gasteiger partial charge in [0.25, 0.3) is 5.91 Å². The van der Waals surface area contributed by atoms with Crippen LogP contribution >= 0.6 is 22.9 Å². The van der Waals surface area contributed by atoms with Crippen molar-refractivity contribution in [1.29, 1.82) is 0 Å². The molecule has 3 rings (SSSR count). The molecule has 2 heterocycles. The summed E-state index contributed by atoms with van der Waals surface area (Å²) in [6.45, 7) is -0.111. The Morgan fingerprint density at radius 3 is 2.68 bits per heavy atom. The third-order valence-electron chi connectivity index (χ3n) is 3.13. The molecule has 1 saturated heterocycles. The van der Waals surface area contributed by atoms with Gasteiger partial charge >= 0.3 is 6.03 Å². The molecule has 2 aromatic rings. The largest absolute Gasteiger partial charge is 0.329 e. The van der Waals surface area contributed by atoms with E-state index in [2.05, 4.69) is 5.32 Å². The molecule has 1 aliphatic heterocycles. The van der Waals surface area contributed by atoms with Gasteiger partial charge in [0.1, 0.15) is 11.5 Å². The van der Waals surface area contributed by atoms with E-state index in [1.54, 1.807) is 30.3 Å².